The van der Waals surface area contributed by atoms with Gasteiger partial charge in [-0.15, -0.1) is 0 Å². The molecule has 0 fully saturated rings. The molecule has 0 atom stereocenters. The average Bonchev–Trinajstić information content (AvgIpc) is 1.92. The molecule has 1 rings (SSSR count). The Kier molecular flexibility index (Phi) is 1.96. The van der Waals surface area contributed by atoms with Crippen LogP contribution in [0.3, 0.4) is 0 Å². The number of hydrogen-bond acceptors (Lipinski definition) is 3. The third-order valence-corrected chi connectivity index (χ3v) is 1.73. The third-order valence-electron chi connectivity index (χ3n) is 1.73. The molecule has 0 unspecified atom stereocenters. The highest BCUT2D eigenvalue weighted by molar-refractivity contribution is 5.58. The Morgan fingerprint density at radius 2 is 1.75 bits per heavy atom. The van der Waals surface area contributed by atoms with Crippen LogP contribution in [0.2, 0.25) is 0 Å². The normalized spacial score (nSPS) is 11.6. The first-order valence-corrected chi connectivity index (χ1v) is 3.94. The van der Waals surface area contributed by atoms with Gasteiger partial charge in [0.05, 0.1) is 5.69 Å². The van der Waals surface area contributed by atoms with Crippen molar-refractivity contribution in [2.75, 3.05) is 11.5 Å². The topological polar surface area (TPSA) is 64.9 Å². The molecule has 0 saturated heterocycles. The van der Waals surface area contributed by atoms with Crippen molar-refractivity contribution in [3.05, 3.63) is 17.8 Å². The van der Waals surface area contributed by atoms with Gasteiger partial charge in [0.2, 0.25) is 0 Å². The molecule has 0 bridgehead atoms. The summed E-state index contributed by atoms with van der Waals surface area (Å²) in [5, 5.41) is 0. The summed E-state index contributed by atoms with van der Waals surface area (Å²) in [5.74, 6) is 0.419. The Morgan fingerprint density at radius 3 is 2.17 bits per heavy atom. The molecule has 0 spiro atoms. The number of nitrogens with two attached hydrogens (primary N) is 2. The fraction of sp³-hybridized carbons (Fsp3) is 0.444. The summed E-state index contributed by atoms with van der Waals surface area (Å²) >= 11 is 0. The van der Waals surface area contributed by atoms with Crippen molar-refractivity contribution in [1.29, 1.82) is 0 Å². The van der Waals surface area contributed by atoms with Crippen molar-refractivity contribution in [1.82, 2.24) is 4.98 Å². The Morgan fingerprint density at radius 1 is 1.17 bits per heavy atom. The first-order valence-electron chi connectivity index (χ1n) is 3.94. The van der Waals surface area contributed by atoms with Gasteiger partial charge in [0.1, 0.15) is 5.82 Å². The summed E-state index contributed by atoms with van der Waals surface area (Å²) in [4.78, 5) is 4.20. The molecule has 0 aliphatic heterocycles. The Balaban J connectivity index is 3.14. The van der Waals surface area contributed by atoms with E-state index in [2.05, 4.69) is 25.8 Å². The standard InChI is InChI=1S/C9H15N3/c1-9(2,3)7-5-4-6(10)8(11)12-7/h4-5H,10H2,1-3H3,(H2,11,12). The Labute approximate surface area is 72.8 Å². The number of aromatic nitrogens is 1. The highest BCUT2D eigenvalue weighted by Crippen LogP contribution is 2.22. The molecule has 1 aromatic heterocycles. The summed E-state index contributed by atoms with van der Waals surface area (Å²) in [6.07, 6.45) is 0. The Bertz CT molecular complexity index is 286. The zero-order valence-corrected chi connectivity index (χ0v) is 7.76. The maximum absolute atomic E-state index is 5.58. The van der Waals surface area contributed by atoms with Gasteiger partial charge in [0, 0.05) is 11.1 Å². The number of anilines is 2. The number of nitrogen functional groups attached to an aromatic ring is 2. The van der Waals surface area contributed by atoms with E-state index in [1.165, 1.54) is 0 Å². The van der Waals surface area contributed by atoms with Crippen molar-refractivity contribution in [2.24, 2.45) is 0 Å². The molecule has 0 aliphatic rings. The van der Waals surface area contributed by atoms with Crippen molar-refractivity contribution in [3.8, 4) is 0 Å². The molecule has 3 nitrogen and oxygen atoms in total. The van der Waals surface area contributed by atoms with Crippen LogP contribution in [0.15, 0.2) is 12.1 Å². The van der Waals surface area contributed by atoms with Crippen LogP contribution in [0.1, 0.15) is 26.5 Å². The number of pyridine rings is 1. The minimum absolute atomic E-state index is 0.0296. The van der Waals surface area contributed by atoms with Gasteiger partial charge in [-0.1, -0.05) is 20.8 Å². The minimum atomic E-state index is 0.0296. The van der Waals surface area contributed by atoms with Crippen molar-refractivity contribution in [2.45, 2.75) is 26.2 Å². The van der Waals surface area contributed by atoms with Gasteiger partial charge in [0.15, 0.2) is 0 Å². The smallest absolute Gasteiger partial charge is 0.146 e. The van der Waals surface area contributed by atoms with Crippen molar-refractivity contribution < 1.29 is 0 Å². The summed E-state index contributed by atoms with van der Waals surface area (Å²) in [7, 11) is 0. The van der Waals surface area contributed by atoms with Crippen LogP contribution in [0.5, 0.6) is 0 Å². The molecule has 4 N–H and O–H groups in total. The second-order valence-electron chi connectivity index (χ2n) is 3.92. The van der Waals surface area contributed by atoms with E-state index in [0.717, 1.165) is 5.69 Å². The zero-order chi connectivity index (χ0) is 9.35. The van der Waals surface area contributed by atoms with Crippen LogP contribution in [0, 0.1) is 0 Å². The van der Waals surface area contributed by atoms with E-state index in [1.807, 2.05) is 6.07 Å². The van der Waals surface area contributed by atoms with E-state index in [1.54, 1.807) is 6.07 Å². The van der Waals surface area contributed by atoms with Gasteiger partial charge < -0.3 is 11.5 Å². The SMILES string of the molecule is CC(C)(C)c1ccc(N)c(N)n1. The molecule has 0 aliphatic carbocycles. The predicted molar refractivity (Wildman–Crippen MR) is 51.8 cm³/mol. The first kappa shape index (κ1) is 8.84. The molecule has 3 heteroatoms. The van der Waals surface area contributed by atoms with Gasteiger partial charge in [0.25, 0.3) is 0 Å². The highest BCUT2D eigenvalue weighted by atomic mass is 14.9. The number of nitrogens with zero attached hydrogens (tertiary/aromatic N) is 1. The predicted octanol–water partition coefficient (Wildman–Crippen LogP) is 1.54. The molecular formula is C9H15N3. The van der Waals surface area contributed by atoms with Gasteiger partial charge >= 0.3 is 0 Å². The monoisotopic (exact) mass is 165 g/mol. The Hall–Kier alpha value is -1.25. The lowest BCUT2D eigenvalue weighted by Crippen LogP contribution is -2.14. The summed E-state index contributed by atoms with van der Waals surface area (Å²) in [6.45, 7) is 6.26. The van der Waals surface area contributed by atoms with Crippen LogP contribution >= 0.6 is 0 Å². The lowest BCUT2D eigenvalue weighted by molar-refractivity contribution is 0.570. The highest BCUT2D eigenvalue weighted by Gasteiger charge is 2.15. The molecule has 0 aromatic carbocycles. The van der Waals surface area contributed by atoms with Crippen LogP contribution in [-0.4, -0.2) is 4.98 Å². The van der Waals surface area contributed by atoms with Crippen molar-refractivity contribution in [3.63, 3.8) is 0 Å². The third kappa shape index (κ3) is 1.67. The van der Waals surface area contributed by atoms with E-state index < -0.39 is 0 Å². The molecule has 0 amide bonds. The summed E-state index contributed by atoms with van der Waals surface area (Å²) < 4.78 is 0. The molecule has 12 heavy (non-hydrogen) atoms. The fourth-order valence-corrected chi connectivity index (χ4v) is 0.903. The maximum atomic E-state index is 5.58. The van der Waals surface area contributed by atoms with E-state index >= 15 is 0 Å². The molecule has 1 heterocycles. The van der Waals surface area contributed by atoms with Gasteiger partial charge in [-0.2, -0.15) is 0 Å². The zero-order valence-electron chi connectivity index (χ0n) is 7.76. The average molecular weight is 165 g/mol. The van der Waals surface area contributed by atoms with E-state index in [-0.39, 0.29) is 5.41 Å². The van der Waals surface area contributed by atoms with Crippen LogP contribution in [-0.2, 0) is 5.41 Å². The second kappa shape index (κ2) is 2.66. The molecule has 0 radical (unpaired) electrons. The van der Waals surface area contributed by atoms with Crippen LogP contribution in [0.25, 0.3) is 0 Å². The van der Waals surface area contributed by atoms with Gasteiger partial charge in [-0.25, -0.2) is 4.98 Å². The largest absolute Gasteiger partial charge is 0.396 e. The minimum Gasteiger partial charge on any atom is -0.396 e. The maximum Gasteiger partial charge on any atom is 0.146 e. The lowest BCUT2D eigenvalue weighted by Gasteiger charge is -2.18. The fourth-order valence-electron chi connectivity index (χ4n) is 0.903. The lowest BCUT2D eigenvalue weighted by atomic mass is 9.91. The van der Waals surface area contributed by atoms with Crippen LogP contribution in [0.4, 0.5) is 11.5 Å². The first-order chi connectivity index (χ1) is 5.41. The molecule has 66 valence electrons. The quantitative estimate of drug-likeness (QED) is 0.613. The summed E-state index contributed by atoms with van der Waals surface area (Å²) in [6, 6.07) is 3.70. The van der Waals surface area contributed by atoms with Gasteiger partial charge in [-0.3, -0.25) is 0 Å². The number of hydrogen-bond donors (Lipinski definition) is 2. The van der Waals surface area contributed by atoms with Crippen molar-refractivity contribution >= 4 is 11.5 Å². The molecular weight excluding hydrogens is 150 g/mol. The molecule has 0 saturated carbocycles. The summed E-state index contributed by atoms with van der Waals surface area (Å²) in [5.41, 5.74) is 12.7. The van der Waals surface area contributed by atoms with E-state index in [0.29, 0.717) is 11.5 Å². The van der Waals surface area contributed by atoms with Gasteiger partial charge in [-0.05, 0) is 12.1 Å². The molecule has 1 aromatic rings. The number of rotatable bonds is 0. The van der Waals surface area contributed by atoms with E-state index in [4.69, 9.17) is 11.5 Å². The van der Waals surface area contributed by atoms with E-state index in [9.17, 15) is 0 Å². The van der Waals surface area contributed by atoms with Crippen LogP contribution < -0.4 is 11.5 Å². The second-order valence-corrected chi connectivity index (χ2v) is 3.92.